The number of benzene rings is 2. The molecule has 2 aromatic rings. The van der Waals surface area contributed by atoms with Crippen LogP contribution in [0, 0.1) is 6.92 Å². The fourth-order valence-electron chi connectivity index (χ4n) is 2.60. The molecule has 0 N–H and O–H groups in total. The van der Waals surface area contributed by atoms with Crippen molar-refractivity contribution in [3.05, 3.63) is 71.8 Å². The summed E-state index contributed by atoms with van der Waals surface area (Å²) < 4.78 is 0. The third kappa shape index (κ3) is 3.55. The molecule has 0 amide bonds. The topological polar surface area (TPSA) is 3.24 Å². The van der Waals surface area contributed by atoms with Crippen molar-refractivity contribution in [2.45, 2.75) is 39.8 Å². The van der Waals surface area contributed by atoms with E-state index in [4.69, 9.17) is 0 Å². The van der Waals surface area contributed by atoms with Crippen LogP contribution in [0.5, 0.6) is 0 Å². The summed E-state index contributed by atoms with van der Waals surface area (Å²) >= 11 is 0. The second-order valence-electron chi connectivity index (χ2n) is 6.45. The molecule has 0 aromatic heterocycles. The molecule has 0 unspecified atom stereocenters. The molecule has 1 nitrogen and oxygen atoms in total. The molecule has 0 fully saturated rings. The molecule has 0 aliphatic rings. The standard InChI is InChI=1S/C20H25N/c1-6-17-12-8-9-13-18(17)15-21(20(3,4)5)19-14-10-7-11-16(19)2/h6-14H,1,15H2,2-5H3. The number of para-hydroxylation sites is 1. The van der Waals surface area contributed by atoms with Crippen LogP contribution in [0.15, 0.2) is 55.1 Å². The maximum Gasteiger partial charge on any atom is 0.0440 e. The Labute approximate surface area is 128 Å². The van der Waals surface area contributed by atoms with Crippen molar-refractivity contribution in [3.63, 3.8) is 0 Å². The van der Waals surface area contributed by atoms with Gasteiger partial charge in [-0.25, -0.2) is 0 Å². The van der Waals surface area contributed by atoms with Crippen molar-refractivity contribution < 1.29 is 0 Å². The molecule has 0 saturated heterocycles. The number of nitrogens with zero attached hydrogens (tertiary/aromatic N) is 1. The average molecular weight is 279 g/mol. The van der Waals surface area contributed by atoms with E-state index in [1.807, 2.05) is 6.08 Å². The van der Waals surface area contributed by atoms with E-state index in [9.17, 15) is 0 Å². The molecule has 0 spiro atoms. The minimum absolute atomic E-state index is 0.0559. The summed E-state index contributed by atoms with van der Waals surface area (Å²) in [6, 6.07) is 17.1. The predicted octanol–water partition coefficient (Wildman–Crippen LogP) is 5.44. The molecule has 0 aliphatic carbocycles. The quantitative estimate of drug-likeness (QED) is 0.720. The Morgan fingerprint density at radius 3 is 2.24 bits per heavy atom. The van der Waals surface area contributed by atoms with E-state index in [2.05, 4.69) is 87.7 Å². The lowest BCUT2D eigenvalue weighted by atomic mass is 9.99. The van der Waals surface area contributed by atoms with Gasteiger partial charge < -0.3 is 4.90 Å². The summed E-state index contributed by atoms with van der Waals surface area (Å²) in [5, 5.41) is 0. The van der Waals surface area contributed by atoms with Gasteiger partial charge in [0.15, 0.2) is 0 Å². The van der Waals surface area contributed by atoms with Crippen molar-refractivity contribution in [2.75, 3.05) is 4.90 Å². The molecular weight excluding hydrogens is 254 g/mol. The Hall–Kier alpha value is -2.02. The average Bonchev–Trinajstić information content (AvgIpc) is 2.45. The normalized spacial score (nSPS) is 11.2. The maximum atomic E-state index is 3.93. The van der Waals surface area contributed by atoms with Gasteiger partial charge in [0.1, 0.15) is 0 Å². The van der Waals surface area contributed by atoms with Crippen LogP contribution in [-0.2, 0) is 6.54 Å². The Balaban J connectivity index is 2.44. The van der Waals surface area contributed by atoms with E-state index in [1.165, 1.54) is 22.4 Å². The van der Waals surface area contributed by atoms with Gasteiger partial charge in [0.25, 0.3) is 0 Å². The Morgan fingerprint density at radius 2 is 1.62 bits per heavy atom. The first kappa shape index (κ1) is 15.4. The maximum absolute atomic E-state index is 3.93. The van der Waals surface area contributed by atoms with E-state index < -0.39 is 0 Å². The lowest BCUT2D eigenvalue weighted by Crippen LogP contribution is -2.41. The highest BCUT2D eigenvalue weighted by Gasteiger charge is 2.23. The molecule has 0 atom stereocenters. The van der Waals surface area contributed by atoms with Gasteiger partial charge in [-0.1, -0.05) is 55.1 Å². The summed E-state index contributed by atoms with van der Waals surface area (Å²) in [4.78, 5) is 2.46. The fraction of sp³-hybridized carbons (Fsp3) is 0.300. The highest BCUT2D eigenvalue weighted by Crippen LogP contribution is 2.29. The molecule has 0 saturated carbocycles. The number of hydrogen-bond acceptors (Lipinski definition) is 1. The molecule has 1 heteroatoms. The lowest BCUT2D eigenvalue weighted by Gasteiger charge is -2.39. The number of anilines is 1. The number of aryl methyl sites for hydroxylation is 1. The molecular formula is C20H25N. The Morgan fingerprint density at radius 1 is 1.00 bits per heavy atom. The van der Waals surface area contributed by atoms with Crippen LogP contribution in [0.2, 0.25) is 0 Å². The molecule has 0 heterocycles. The van der Waals surface area contributed by atoms with Crippen LogP contribution in [0.25, 0.3) is 6.08 Å². The summed E-state index contributed by atoms with van der Waals surface area (Å²) in [5.74, 6) is 0. The van der Waals surface area contributed by atoms with Gasteiger partial charge >= 0.3 is 0 Å². The predicted molar refractivity (Wildman–Crippen MR) is 93.6 cm³/mol. The summed E-state index contributed by atoms with van der Waals surface area (Å²) in [6.07, 6.45) is 1.94. The molecule has 110 valence electrons. The van der Waals surface area contributed by atoms with E-state index in [0.717, 1.165) is 6.54 Å². The first-order valence-corrected chi connectivity index (χ1v) is 7.47. The smallest absolute Gasteiger partial charge is 0.0440 e. The van der Waals surface area contributed by atoms with Crippen molar-refractivity contribution in [2.24, 2.45) is 0 Å². The van der Waals surface area contributed by atoms with Crippen LogP contribution >= 0.6 is 0 Å². The molecule has 2 rings (SSSR count). The molecule has 21 heavy (non-hydrogen) atoms. The van der Waals surface area contributed by atoms with Gasteiger partial charge in [-0.05, 0) is 50.5 Å². The van der Waals surface area contributed by atoms with Gasteiger partial charge in [-0.2, -0.15) is 0 Å². The lowest BCUT2D eigenvalue weighted by molar-refractivity contribution is 0.500. The van der Waals surface area contributed by atoms with E-state index in [1.54, 1.807) is 0 Å². The summed E-state index contributed by atoms with van der Waals surface area (Å²) in [7, 11) is 0. The van der Waals surface area contributed by atoms with Crippen molar-refractivity contribution in [3.8, 4) is 0 Å². The van der Waals surface area contributed by atoms with Gasteiger partial charge in [-0.3, -0.25) is 0 Å². The highest BCUT2D eigenvalue weighted by atomic mass is 15.2. The van der Waals surface area contributed by atoms with Crippen molar-refractivity contribution in [1.29, 1.82) is 0 Å². The number of rotatable bonds is 4. The second kappa shape index (κ2) is 6.17. The number of hydrogen-bond donors (Lipinski definition) is 0. The monoisotopic (exact) mass is 279 g/mol. The van der Waals surface area contributed by atoms with Crippen LogP contribution in [-0.4, -0.2) is 5.54 Å². The third-order valence-corrected chi connectivity index (χ3v) is 3.82. The largest absolute Gasteiger partial charge is 0.362 e. The summed E-state index contributed by atoms with van der Waals surface area (Å²) in [5.41, 5.74) is 5.18. The van der Waals surface area contributed by atoms with Crippen LogP contribution in [0.4, 0.5) is 5.69 Å². The van der Waals surface area contributed by atoms with E-state index in [0.29, 0.717) is 0 Å². The van der Waals surface area contributed by atoms with Gasteiger partial charge in [-0.15, -0.1) is 0 Å². The second-order valence-corrected chi connectivity index (χ2v) is 6.45. The van der Waals surface area contributed by atoms with Crippen LogP contribution in [0.1, 0.15) is 37.5 Å². The van der Waals surface area contributed by atoms with Crippen LogP contribution < -0.4 is 4.90 Å². The van der Waals surface area contributed by atoms with Crippen molar-refractivity contribution >= 4 is 11.8 Å². The molecule has 0 radical (unpaired) electrons. The van der Waals surface area contributed by atoms with Gasteiger partial charge in [0.2, 0.25) is 0 Å². The van der Waals surface area contributed by atoms with E-state index >= 15 is 0 Å². The zero-order valence-electron chi connectivity index (χ0n) is 13.6. The first-order valence-electron chi connectivity index (χ1n) is 7.47. The Kier molecular flexibility index (Phi) is 4.52. The zero-order chi connectivity index (χ0) is 15.5. The zero-order valence-corrected chi connectivity index (χ0v) is 13.6. The molecule has 0 bridgehead atoms. The minimum Gasteiger partial charge on any atom is -0.362 e. The fourth-order valence-corrected chi connectivity index (χ4v) is 2.60. The van der Waals surface area contributed by atoms with Gasteiger partial charge in [0, 0.05) is 17.8 Å². The van der Waals surface area contributed by atoms with Crippen molar-refractivity contribution in [1.82, 2.24) is 0 Å². The van der Waals surface area contributed by atoms with Crippen LogP contribution in [0.3, 0.4) is 0 Å². The first-order chi connectivity index (χ1) is 9.93. The molecule has 0 aliphatic heterocycles. The van der Waals surface area contributed by atoms with Gasteiger partial charge in [0.05, 0.1) is 0 Å². The molecule has 2 aromatic carbocycles. The Bertz CT molecular complexity index is 620. The highest BCUT2D eigenvalue weighted by molar-refractivity contribution is 5.58. The summed E-state index contributed by atoms with van der Waals surface area (Å²) in [6.45, 7) is 13.8. The minimum atomic E-state index is 0.0559. The van der Waals surface area contributed by atoms with E-state index in [-0.39, 0.29) is 5.54 Å². The SMILES string of the molecule is C=Cc1ccccc1CN(c1ccccc1C)C(C)(C)C. The third-order valence-electron chi connectivity index (χ3n) is 3.82.